The Morgan fingerprint density at radius 1 is 0.925 bits per heavy atom. The number of nitrogens with zero attached hydrogens (tertiary/aromatic N) is 2. The number of benzene rings is 3. The van der Waals surface area contributed by atoms with Crippen LogP contribution in [0, 0.1) is 6.92 Å². The van der Waals surface area contributed by atoms with Gasteiger partial charge in [-0.05, 0) is 44.2 Å². The van der Waals surface area contributed by atoms with Crippen molar-refractivity contribution >= 4 is 16.9 Å². The molecule has 3 aromatic carbocycles. The van der Waals surface area contributed by atoms with Gasteiger partial charge in [-0.25, -0.2) is 0 Å². The average molecular weight is 540 g/mol. The molecule has 8 nitrogen and oxygen atoms in total. The number of ether oxygens (including phenoxy) is 2. The number of carbonyl (C=O) groups excluding carboxylic acids is 1. The van der Waals surface area contributed by atoms with Gasteiger partial charge in [0.25, 0.3) is 5.91 Å². The van der Waals surface area contributed by atoms with E-state index in [4.69, 9.17) is 13.9 Å². The second kappa shape index (κ2) is 11.5. The van der Waals surface area contributed by atoms with Gasteiger partial charge >= 0.3 is 0 Å². The molecule has 0 spiro atoms. The maximum absolute atomic E-state index is 13.1. The Balaban J connectivity index is 1.03. The molecular weight excluding hydrogens is 506 g/mol. The number of piperazine rings is 1. The highest BCUT2D eigenvalue weighted by molar-refractivity contribution is 6.05. The van der Waals surface area contributed by atoms with Gasteiger partial charge in [-0.1, -0.05) is 48.5 Å². The van der Waals surface area contributed by atoms with E-state index in [0.29, 0.717) is 41.0 Å². The molecule has 3 heterocycles. The van der Waals surface area contributed by atoms with E-state index >= 15 is 0 Å². The highest BCUT2D eigenvalue weighted by Crippen LogP contribution is 2.32. The molecule has 40 heavy (non-hydrogen) atoms. The van der Waals surface area contributed by atoms with Gasteiger partial charge in [0.15, 0.2) is 28.7 Å². The van der Waals surface area contributed by atoms with E-state index in [-0.39, 0.29) is 17.6 Å². The van der Waals surface area contributed by atoms with Crippen molar-refractivity contribution in [1.29, 1.82) is 0 Å². The Morgan fingerprint density at radius 3 is 2.48 bits per heavy atom. The van der Waals surface area contributed by atoms with E-state index < -0.39 is 0 Å². The Hall–Kier alpha value is -4.14. The van der Waals surface area contributed by atoms with Gasteiger partial charge in [0.05, 0.1) is 10.9 Å². The Morgan fingerprint density at radius 2 is 1.68 bits per heavy atom. The number of hydrogen-bond donors (Lipinski definition) is 1. The third-order valence-corrected chi connectivity index (χ3v) is 7.67. The summed E-state index contributed by atoms with van der Waals surface area (Å²) in [6, 6.07) is 22.4. The second-order valence-electron chi connectivity index (χ2n) is 10.3. The van der Waals surface area contributed by atoms with Crippen LogP contribution in [0.5, 0.6) is 11.5 Å². The number of fused-ring (bicyclic) bond motifs is 2. The quantitative estimate of drug-likeness (QED) is 0.351. The van der Waals surface area contributed by atoms with Gasteiger partial charge in [0, 0.05) is 43.9 Å². The number of hydrogen-bond acceptors (Lipinski definition) is 7. The summed E-state index contributed by atoms with van der Waals surface area (Å²) in [6.07, 6.45) is 0.758. The van der Waals surface area contributed by atoms with E-state index in [2.05, 4.69) is 15.1 Å². The van der Waals surface area contributed by atoms with Crippen LogP contribution in [0.4, 0.5) is 0 Å². The summed E-state index contributed by atoms with van der Waals surface area (Å²) in [5.74, 6) is 1.86. The fourth-order valence-corrected chi connectivity index (χ4v) is 5.42. The lowest BCUT2D eigenvalue weighted by Crippen LogP contribution is -2.54. The molecule has 6 rings (SSSR count). The van der Waals surface area contributed by atoms with Crippen LogP contribution in [0.1, 0.15) is 22.3 Å². The molecule has 1 saturated heterocycles. The van der Waals surface area contributed by atoms with Crippen molar-refractivity contribution in [3.05, 3.63) is 94.1 Å². The van der Waals surface area contributed by atoms with Crippen molar-refractivity contribution in [1.82, 2.24) is 15.1 Å². The van der Waals surface area contributed by atoms with Gasteiger partial charge in [-0.2, -0.15) is 0 Å². The minimum atomic E-state index is -0.240. The minimum Gasteiger partial charge on any atom is -0.484 e. The lowest BCUT2D eigenvalue weighted by Gasteiger charge is -2.40. The summed E-state index contributed by atoms with van der Waals surface area (Å²) in [7, 11) is 0. The Labute approximate surface area is 233 Å². The van der Waals surface area contributed by atoms with E-state index in [1.807, 2.05) is 54.6 Å². The zero-order valence-corrected chi connectivity index (χ0v) is 22.6. The molecular formula is C32H33N3O5. The first-order valence-corrected chi connectivity index (χ1v) is 13.8. The molecule has 1 N–H and O–H groups in total. The maximum Gasteiger partial charge on any atom is 0.255 e. The van der Waals surface area contributed by atoms with Crippen LogP contribution in [0.3, 0.4) is 0 Å². The summed E-state index contributed by atoms with van der Waals surface area (Å²) in [6.45, 7) is 7.39. The van der Waals surface area contributed by atoms with E-state index in [1.54, 1.807) is 25.1 Å². The van der Waals surface area contributed by atoms with Crippen molar-refractivity contribution in [2.24, 2.45) is 0 Å². The van der Waals surface area contributed by atoms with Crippen LogP contribution < -0.4 is 20.2 Å². The van der Waals surface area contributed by atoms with Crippen LogP contribution in [0.2, 0.25) is 0 Å². The SMILES string of the molecule is Cc1c(-c2ccccc2)oc2c(C(=O)NCCCN3CCN(C4COc5ccccc5O4)CC3)cccc2c1=O. The molecule has 1 unspecified atom stereocenters. The molecule has 1 amide bonds. The molecule has 1 aromatic heterocycles. The van der Waals surface area contributed by atoms with Crippen molar-refractivity contribution in [2.75, 3.05) is 45.9 Å². The van der Waals surface area contributed by atoms with Crippen LogP contribution in [0.15, 0.2) is 82.0 Å². The number of nitrogens with one attached hydrogen (secondary N) is 1. The average Bonchev–Trinajstić information content (AvgIpc) is 3.01. The fourth-order valence-electron chi connectivity index (χ4n) is 5.42. The first-order chi connectivity index (χ1) is 19.6. The van der Waals surface area contributed by atoms with Crippen LogP contribution in [-0.4, -0.2) is 67.8 Å². The first kappa shape index (κ1) is 26.1. The van der Waals surface area contributed by atoms with E-state index in [1.165, 1.54) is 0 Å². The maximum atomic E-state index is 13.1. The third kappa shape index (κ3) is 5.33. The van der Waals surface area contributed by atoms with Crippen molar-refractivity contribution in [3.63, 3.8) is 0 Å². The number of para-hydroxylation sites is 3. The van der Waals surface area contributed by atoms with Crippen LogP contribution in [-0.2, 0) is 0 Å². The van der Waals surface area contributed by atoms with E-state index in [0.717, 1.165) is 56.2 Å². The number of carbonyl (C=O) groups is 1. The molecule has 206 valence electrons. The Bertz CT molecular complexity index is 1560. The van der Waals surface area contributed by atoms with Crippen molar-refractivity contribution < 1.29 is 18.7 Å². The van der Waals surface area contributed by atoms with Crippen molar-refractivity contribution in [2.45, 2.75) is 19.6 Å². The second-order valence-corrected chi connectivity index (χ2v) is 10.3. The van der Waals surface area contributed by atoms with Gasteiger partial charge in [-0.3, -0.25) is 14.5 Å². The lowest BCUT2D eigenvalue weighted by molar-refractivity contribution is -0.0493. The summed E-state index contributed by atoms with van der Waals surface area (Å²) >= 11 is 0. The summed E-state index contributed by atoms with van der Waals surface area (Å²) in [5, 5.41) is 3.43. The zero-order valence-electron chi connectivity index (χ0n) is 22.6. The summed E-state index contributed by atoms with van der Waals surface area (Å²) in [5.41, 5.74) is 1.91. The van der Waals surface area contributed by atoms with Gasteiger partial charge < -0.3 is 24.1 Å². The molecule has 0 saturated carbocycles. The highest BCUT2D eigenvalue weighted by atomic mass is 16.6. The normalized spacial score (nSPS) is 17.6. The molecule has 1 fully saturated rings. The smallest absolute Gasteiger partial charge is 0.255 e. The molecule has 0 bridgehead atoms. The van der Waals surface area contributed by atoms with Crippen LogP contribution in [0.25, 0.3) is 22.3 Å². The third-order valence-electron chi connectivity index (χ3n) is 7.67. The molecule has 2 aliphatic heterocycles. The molecule has 0 radical (unpaired) electrons. The molecule has 2 aliphatic rings. The number of rotatable bonds is 7. The molecule has 0 aliphatic carbocycles. The highest BCUT2D eigenvalue weighted by Gasteiger charge is 2.29. The molecule has 4 aromatic rings. The molecule has 8 heteroatoms. The summed E-state index contributed by atoms with van der Waals surface area (Å²) < 4.78 is 18.2. The van der Waals surface area contributed by atoms with Gasteiger partial charge in [0.1, 0.15) is 12.4 Å². The Kier molecular flexibility index (Phi) is 7.53. The van der Waals surface area contributed by atoms with Crippen molar-refractivity contribution in [3.8, 4) is 22.8 Å². The number of amides is 1. The molecule has 1 atom stereocenters. The standard InChI is InChI=1S/C32H33N3O5/c1-22-29(36)24-11-7-12-25(31(24)40-30(22)23-9-3-2-4-10-23)32(37)33-15-8-16-34-17-19-35(20-18-34)28-21-38-26-13-5-6-14-27(26)39-28/h2-7,9-14,28H,8,15-21H2,1H3,(H,33,37). The largest absolute Gasteiger partial charge is 0.484 e. The minimum absolute atomic E-state index is 0.0664. The predicted molar refractivity (Wildman–Crippen MR) is 154 cm³/mol. The van der Waals surface area contributed by atoms with Gasteiger partial charge in [0.2, 0.25) is 0 Å². The monoisotopic (exact) mass is 539 g/mol. The zero-order chi connectivity index (χ0) is 27.5. The van der Waals surface area contributed by atoms with E-state index in [9.17, 15) is 9.59 Å². The summed E-state index contributed by atoms with van der Waals surface area (Å²) in [4.78, 5) is 31.0. The fraction of sp³-hybridized carbons (Fsp3) is 0.312. The van der Waals surface area contributed by atoms with Crippen LogP contribution >= 0.6 is 0 Å². The predicted octanol–water partition coefficient (Wildman–Crippen LogP) is 4.30. The topological polar surface area (TPSA) is 84.2 Å². The first-order valence-electron chi connectivity index (χ1n) is 13.8. The lowest BCUT2D eigenvalue weighted by atomic mass is 10.0. The van der Waals surface area contributed by atoms with Gasteiger partial charge in [-0.15, -0.1) is 0 Å².